The largest absolute Gasteiger partial charge is 0.382 e. The minimum atomic E-state index is -0.145. The molecule has 0 aliphatic heterocycles. The first-order valence-corrected chi connectivity index (χ1v) is 6.55. The lowest BCUT2D eigenvalue weighted by molar-refractivity contribution is -0.0902. The number of hydrogen-bond donors (Lipinski definition) is 1. The number of methoxy groups -OCH3 is 2. The molecule has 1 rings (SSSR count). The van der Waals surface area contributed by atoms with Gasteiger partial charge in [0.1, 0.15) is 6.10 Å². The average molecular weight is 287 g/mol. The van der Waals surface area contributed by atoms with Crippen LogP contribution in [0.3, 0.4) is 0 Å². The van der Waals surface area contributed by atoms with Crippen molar-refractivity contribution in [1.82, 2.24) is 25.4 Å². The molecule has 0 aromatic carbocycles. The first-order chi connectivity index (χ1) is 9.65. The van der Waals surface area contributed by atoms with Gasteiger partial charge in [-0.2, -0.15) is 5.48 Å². The quantitative estimate of drug-likeness (QED) is 0.551. The predicted molar refractivity (Wildman–Crippen MR) is 74.0 cm³/mol. The van der Waals surface area contributed by atoms with E-state index in [1.807, 2.05) is 25.0 Å². The van der Waals surface area contributed by atoms with Gasteiger partial charge in [0, 0.05) is 27.0 Å². The van der Waals surface area contributed by atoms with Crippen LogP contribution in [0.1, 0.15) is 5.69 Å². The predicted octanol–water partition coefficient (Wildman–Crippen LogP) is -0.478. The van der Waals surface area contributed by atoms with Gasteiger partial charge in [0.25, 0.3) is 0 Å². The third-order valence-electron chi connectivity index (χ3n) is 2.57. The first kappa shape index (κ1) is 17.0. The van der Waals surface area contributed by atoms with E-state index in [9.17, 15) is 0 Å². The number of nitrogens with zero attached hydrogens (tertiary/aromatic N) is 4. The fourth-order valence-corrected chi connectivity index (χ4v) is 1.55. The van der Waals surface area contributed by atoms with Crippen LogP contribution < -0.4 is 5.48 Å². The number of hydrogen-bond acceptors (Lipinski definition) is 7. The molecular weight excluding hydrogens is 262 g/mol. The van der Waals surface area contributed by atoms with E-state index in [2.05, 4.69) is 20.7 Å². The van der Waals surface area contributed by atoms with Crippen molar-refractivity contribution in [2.45, 2.75) is 19.2 Å². The van der Waals surface area contributed by atoms with E-state index in [0.29, 0.717) is 19.8 Å². The van der Waals surface area contributed by atoms with Gasteiger partial charge in [-0.15, -0.1) is 5.10 Å². The smallest absolute Gasteiger partial charge is 0.125 e. The lowest BCUT2D eigenvalue weighted by Gasteiger charge is -2.15. The lowest BCUT2D eigenvalue weighted by Crippen LogP contribution is -2.31. The molecule has 0 radical (unpaired) electrons. The molecule has 1 N–H and O–H groups in total. The summed E-state index contributed by atoms with van der Waals surface area (Å²) in [7, 11) is 7.31. The number of nitrogens with one attached hydrogen (secondary N) is 1. The summed E-state index contributed by atoms with van der Waals surface area (Å²) in [5, 5.41) is 8.13. The van der Waals surface area contributed by atoms with Gasteiger partial charge in [-0.05, 0) is 14.1 Å². The Hall–Kier alpha value is -1.06. The fourth-order valence-electron chi connectivity index (χ4n) is 1.55. The Morgan fingerprint density at radius 2 is 2.00 bits per heavy atom. The van der Waals surface area contributed by atoms with Gasteiger partial charge in [0.05, 0.1) is 32.0 Å². The zero-order chi connectivity index (χ0) is 14.8. The van der Waals surface area contributed by atoms with Crippen LogP contribution >= 0.6 is 0 Å². The van der Waals surface area contributed by atoms with Crippen LogP contribution in [0.15, 0.2) is 6.20 Å². The number of hydroxylamine groups is 1. The molecule has 0 spiro atoms. The van der Waals surface area contributed by atoms with E-state index in [0.717, 1.165) is 18.8 Å². The lowest BCUT2D eigenvalue weighted by atomic mass is 10.4. The molecule has 8 heteroatoms. The van der Waals surface area contributed by atoms with Gasteiger partial charge in [0.2, 0.25) is 0 Å². The molecule has 1 heterocycles. The van der Waals surface area contributed by atoms with Crippen LogP contribution in [-0.2, 0) is 27.4 Å². The normalized spacial score (nSPS) is 11.7. The number of rotatable bonds is 11. The summed E-state index contributed by atoms with van der Waals surface area (Å²) in [6.07, 6.45) is 1.76. The molecule has 0 bridgehead atoms. The highest BCUT2D eigenvalue weighted by atomic mass is 16.7. The maximum atomic E-state index is 5.45. The molecule has 116 valence electrons. The SMILES string of the molecule is COCC(COC)ONCc1cn(CCN(C)C)nn1. The zero-order valence-corrected chi connectivity index (χ0v) is 12.7. The van der Waals surface area contributed by atoms with Gasteiger partial charge in [-0.25, -0.2) is 0 Å². The molecule has 0 saturated heterocycles. The minimum absolute atomic E-state index is 0.145. The van der Waals surface area contributed by atoms with Crippen molar-refractivity contribution in [2.24, 2.45) is 0 Å². The average Bonchev–Trinajstić information content (AvgIpc) is 2.85. The van der Waals surface area contributed by atoms with Crippen molar-refractivity contribution in [1.29, 1.82) is 0 Å². The summed E-state index contributed by atoms with van der Waals surface area (Å²) >= 11 is 0. The zero-order valence-electron chi connectivity index (χ0n) is 12.7. The summed E-state index contributed by atoms with van der Waals surface area (Å²) in [6.45, 7) is 3.17. The molecule has 1 aromatic rings. The third-order valence-corrected chi connectivity index (χ3v) is 2.57. The number of likely N-dealkylation sites (N-methyl/N-ethyl adjacent to an activating group) is 1. The van der Waals surface area contributed by atoms with Crippen molar-refractivity contribution in [3.05, 3.63) is 11.9 Å². The Balaban J connectivity index is 2.27. The minimum Gasteiger partial charge on any atom is -0.382 e. The molecule has 1 aromatic heterocycles. The molecule has 0 aliphatic rings. The monoisotopic (exact) mass is 287 g/mol. The highest BCUT2D eigenvalue weighted by Crippen LogP contribution is 1.96. The highest BCUT2D eigenvalue weighted by Gasteiger charge is 2.09. The van der Waals surface area contributed by atoms with Gasteiger partial charge >= 0.3 is 0 Å². The van der Waals surface area contributed by atoms with Gasteiger partial charge in [-0.1, -0.05) is 5.21 Å². The molecule has 20 heavy (non-hydrogen) atoms. The second-order valence-electron chi connectivity index (χ2n) is 4.75. The van der Waals surface area contributed by atoms with E-state index in [-0.39, 0.29) is 6.10 Å². The maximum absolute atomic E-state index is 5.45. The van der Waals surface area contributed by atoms with Gasteiger partial charge < -0.3 is 14.4 Å². The summed E-state index contributed by atoms with van der Waals surface area (Å²) in [6, 6.07) is 0. The topological polar surface area (TPSA) is 73.7 Å². The van der Waals surface area contributed by atoms with Crippen LogP contribution in [0.25, 0.3) is 0 Å². The molecule has 0 saturated carbocycles. The summed E-state index contributed by atoms with van der Waals surface area (Å²) in [5.74, 6) is 0. The maximum Gasteiger partial charge on any atom is 0.125 e. The Kier molecular flexibility index (Phi) is 8.31. The molecule has 0 unspecified atom stereocenters. The van der Waals surface area contributed by atoms with E-state index in [1.165, 1.54) is 0 Å². The molecule has 0 fully saturated rings. The third kappa shape index (κ3) is 6.92. The Bertz CT molecular complexity index is 353. The molecule has 0 amide bonds. The van der Waals surface area contributed by atoms with Crippen LogP contribution in [-0.4, -0.2) is 74.1 Å². The van der Waals surface area contributed by atoms with Crippen LogP contribution in [0.5, 0.6) is 0 Å². The van der Waals surface area contributed by atoms with Crippen molar-refractivity contribution in [3.8, 4) is 0 Å². The number of aromatic nitrogens is 3. The van der Waals surface area contributed by atoms with E-state index < -0.39 is 0 Å². The second-order valence-corrected chi connectivity index (χ2v) is 4.75. The van der Waals surface area contributed by atoms with Crippen molar-refractivity contribution in [3.63, 3.8) is 0 Å². The van der Waals surface area contributed by atoms with Crippen molar-refractivity contribution >= 4 is 0 Å². The van der Waals surface area contributed by atoms with E-state index in [4.69, 9.17) is 14.3 Å². The standard InChI is InChI=1S/C12H25N5O3/c1-16(2)5-6-17-8-11(14-15-17)7-13-20-12(9-18-3)10-19-4/h8,12-13H,5-7,9-10H2,1-4H3. The van der Waals surface area contributed by atoms with Crippen LogP contribution in [0, 0.1) is 0 Å². The highest BCUT2D eigenvalue weighted by molar-refractivity contribution is 4.90. The van der Waals surface area contributed by atoms with Gasteiger partial charge in [-0.3, -0.25) is 9.52 Å². The van der Waals surface area contributed by atoms with Gasteiger partial charge in [0.15, 0.2) is 0 Å². The number of ether oxygens (including phenoxy) is 2. The Labute approximate surface area is 119 Å². The summed E-state index contributed by atoms with van der Waals surface area (Å²) < 4.78 is 11.9. The van der Waals surface area contributed by atoms with E-state index in [1.54, 1.807) is 14.2 Å². The van der Waals surface area contributed by atoms with E-state index >= 15 is 0 Å². The second kappa shape index (κ2) is 9.78. The molecule has 0 aliphatic carbocycles. The summed E-state index contributed by atoms with van der Waals surface area (Å²) in [4.78, 5) is 7.55. The molecular formula is C12H25N5O3. The van der Waals surface area contributed by atoms with Crippen LogP contribution in [0.4, 0.5) is 0 Å². The fraction of sp³-hybridized carbons (Fsp3) is 0.833. The first-order valence-electron chi connectivity index (χ1n) is 6.55. The van der Waals surface area contributed by atoms with Crippen molar-refractivity contribution < 1.29 is 14.3 Å². The Morgan fingerprint density at radius 3 is 2.60 bits per heavy atom. The Morgan fingerprint density at radius 1 is 1.30 bits per heavy atom. The molecule has 0 atom stereocenters. The van der Waals surface area contributed by atoms with Crippen molar-refractivity contribution in [2.75, 3.05) is 48.1 Å². The van der Waals surface area contributed by atoms with Crippen LogP contribution in [0.2, 0.25) is 0 Å². The molecule has 8 nitrogen and oxygen atoms in total. The summed E-state index contributed by atoms with van der Waals surface area (Å²) in [5.41, 5.74) is 3.69.